The van der Waals surface area contributed by atoms with E-state index in [4.69, 9.17) is 4.84 Å². The van der Waals surface area contributed by atoms with Crippen molar-refractivity contribution in [3.63, 3.8) is 0 Å². The molecule has 0 aliphatic carbocycles. The van der Waals surface area contributed by atoms with Gasteiger partial charge in [-0.3, -0.25) is 0 Å². The van der Waals surface area contributed by atoms with Gasteiger partial charge < -0.3 is 4.84 Å². The lowest BCUT2D eigenvalue weighted by atomic mass is 10.0. The lowest BCUT2D eigenvalue weighted by Gasteiger charge is -2.04. The quantitative estimate of drug-likeness (QED) is 0.581. The van der Waals surface area contributed by atoms with Crippen molar-refractivity contribution in [1.29, 1.82) is 0 Å². The highest BCUT2D eigenvalue weighted by molar-refractivity contribution is 5.98. The van der Waals surface area contributed by atoms with Crippen LogP contribution in [0.15, 0.2) is 59.8 Å². The van der Waals surface area contributed by atoms with E-state index in [9.17, 15) is 0 Å². The van der Waals surface area contributed by atoms with Crippen LogP contribution in [0.1, 0.15) is 19.4 Å². The van der Waals surface area contributed by atoms with E-state index in [0.717, 1.165) is 11.3 Å². The van der Waals surface area contributed by atoms with E-state index in [-0.39, 0.29) is 0 Å². The second kappa shape index (κ2) is 6.01. The number of rotatable bonds is 4. The first-order valence-electron chi connectivity index (χ1n) is 6.13. The van der Waals surface area contributed by atoms with Crippen LogP contribution in [0.3, 0.4) is 0 Å². The molecule has 0 radical (unpaired) electrons. The summed E-state index contributed by atoms with van der Waals surface area (Å²) in [6.45, 7) is 4.47. The van der Waals surface area contributed by atoms with Gasteiger partial charge in [-0.05, 0) is 30.5 Å². The molecule has 0 spiro atoms. The van der Waals surface area contributed by atoms with Crippen molar-refractivity contribution in [2.75, 3.05) is 6.61 Å². The van der Waals surface area contributed by atoms with E-state index < -0.39 is 0 Å². The normalized spacial score (nSPS) is 11.3. The van der Waals surface area contributed by atoms with Crippen molar-refractivity contribution in [2.24, 2.45) is 5.16 Å². The fourth-order valence-electron chi connectivity index (χ4n) is 1.75. The van der Waals surface area contributed by atoms with Gasteiger partial charge in [-0.25, -0.2) is 0 Å². The van der Waals surface area contributed by atoms with Crippen molar-refractivity contribution in [3.05, 3.63) is 60.2 Å². The zero-order valence-corrected chi connectivity index (χ0v) is 10.8. The second-order valence-corrected chi connectivity index (χ2v) is 4.04. The number of hydrogen-bond donors (Lipinski definition) is 0. The minimum absolute atomic E-state index is 0.597. The van der Waals surface area contributed by atoms with Crippen LogP contribution in [0.5, 0.6) is 0 Å². The predicted octanol–water partition coefficient (Wildman–Crippen LogP) is 4.11. The molecule has 0 amide bonds. The minimum atomic E-state index is 0.597. The highest BCUT2D eigenvalue weighted by Crippen LogP contribution is 2.19. The first kappa shape index (κ1) is 12.4. The van der Waals surface area contributed by atoms with E-state index in [1.54, 1.807) is 0 Å². The van der Waals surface area contributed by atoms with Gasteiger partial charge in [-0.1, -0.05) is 59.8 Å². The first-order valence-corrected chi connectivity index (χ1v) is 6.13. The first-order chi connectivity index (χ1) is 8.81. The molecule has 0 aromatic heterocycles. The van der Waals surface area contributed by atoms with Crippen LogP contribution in [-0.2, 0) is 4.84 Å². The number of hydrogen-bond acceptors (Lipinski definition) is 2. The number of benzene rings is 2. The molecule has 2 aromatic rings. The van der Waals surface area contributed by atoms with Gasteiger partial charge in [0.05, 0.1) is 5.71 Å². The molecule has 0 saturated carbocycles. The second-order valence-electron chi connectivity index (χ2n) is 4.04. The van der Waals surface area contributed by atoms with E-state index in [0.29, 0.717) is 6.61 Å². The third kappa shape index (κ3) is 2.98. The van der Waals surface area contributed by atoms with E-state index in [1.807, 2.05) is 32.0 Å². The number of oxime groups is 1. The van der Waals surface area contributed by atoms with Gasteiger partial charge in [-0.15, -0.1) is 0 Å². The smallest absolute Gasteiger partial charge is 0.114 e. The Labute approximate surface area is 108 Å². The molecular formula is C16H17NO. The van der Waals surface area contributed by atoms with Crippen LogP contribution in [-0.4, -0.2) is 12.3 Å². The Kier molecular flexibility index (Phi) is 4.13. The van der Waals surface area contributed by atoms with Crippen molar-refractivity contribution in [2.45, 2.75) is 13.8 Å². The van der Waals surface area contributed by atoms with Crippen LogP contribution in [0.2, 0.25) is 0 Å². The molecule has 0 saturated heterocycles. The summed E-state index contributed by atoms with van der Waals surface area (Å²) in [5, 5.41) is 4.03. The maximum Gasteiger partial charge on any atom is 0.114 e. The molecule has 0 atom stereocenters. The van der Waals surface area contributed by atoms with Crippen LogP contribution in [0.25, 0.3) is 11.1 Å². The van der Waals surface area contributed by atoms with Crippen molar-refractivity contribution in [1.82, 2.24) is 0 Å². The van der Waals surface area contributed by atoms with Crippen molar-refractivity contribution < 1.29 is 4.84 Å². The molecule has 0 heterocycles. The largest absolute Gasteiger partial charge is 0.396 e. The Morgan fingerprint density at radius 1 is 0.944 bits per heavy atom. The molecule has 2 aromatic carbocycles. The fraction of sp³-hybridized carbons (Fsp3) is 0.188. The molecular weight excluding hydrogens is 222 g/mol. The van der Waals surface area contributed by atoms with Gasteiger partial charge in [0, 0.05) is 0 Å². The Morgan fingerprint density at radius 2 is 1.56 bits per heavy atom. The summed E-state index contributed by atoms with van der Waals surface area (Å²) in [4.78, 5) is 5.05. The fourth-order valence-corrected chi connectivity index (χ4v) is 1.75. The summed E-state index contributed by atoms with van der Waals surface area (Å²) in [5.41, 5.74) is 4.42. The molecule has 0 fully saturated rings. The zero-order chi connectivity index (χ0) is 12.8. The molecule has 0 unspecified atom stereocenters. The summed E-state index contributed by atoms with van der Waals surface area (Å²) < 4.78 is 0. The summed E-state index contributed by atoms with van der Waals surface area (Å²) in [6, 6.07) is 18.7. The SMILES string of the molecule is CCON=C(C)c1ccc(-c2ccccc2)cc1. The lowest BCUT2D eigenvalue weighted by molar-refractivity contribution is 0.159. The van der Waals surface area contributed by atoms with E-state index in [2.05, 4.69) is 41.6 Å². The standard InChI is InChI=1S/C16H17NO/c1-3-18-17-13(2)14-9-11-16(12-10-14)15-7-5-4-6-8-15/h4-12H,3H2,1-2H3. The van der Waals surface area contributed by atoms with Crippen LogP contribution >= 0.6 is 0 Å². The predicted molar refractivity (Wildman–Crippen MR) is 75.7 cm³/mol. The van der Waals surface area contributed by atoms with Gasteiger partial charge in [0.2, 0.25) is 0 Å². The molecule has 0 aliphatic heterocycles. The van der Waals surface area contributed by atoms with Gasteiger partial charge >= 0.3 is 0 Å². The molecule has 2 heteroatoms. The molecule has 0 bridgehead atoms. The molecule has 92 valence electrons. The summed E-state index contributed by atoms with van der Waals surface area (Å²) >= 11 is 0. The van der Waals surface area contributed by atoms with Crippen LogP contribution < -0.4 is 0 Å². The highest BCUT2D eigenvalue weighted by atomic mass is 16.6. The van der Waals surface area contributed by atoms with Gasteiger partial charge in [0.25, 0.3) is 0 Å². The summed E-state index contributed by atoms with van der Waals surface area (Å²) in [5.74, 6) is 0. The Morgan fingerprint density at radius 3 is 2.17 bits per heavy atom. The maximum atomic E-state index is 5.05. The third-order valence-corrected chi connectivity index (χ3v) is 2.74. The Bertz CT molecular complexity index is 515. The minimum Gasteiger partial charge on any atom is -0.396 e. The topological polar surface area (TPSA) is 21.6 Å². The molecule has 2 nitrogen and oxygen atoms in total. The van der Waals surface area contributed by atoms with Crippen LogP contribution in [0, 0.1) is 0 Å². The summed E-state index contributed by atoms with van der Waals surface area (Å²) in [7, 11) is 0. The molecule has 2 rings (SSSR count). The maximum absolute atomic E-state index is 5.05. The van der Waals surface area contributed by atoms with Gasteiger partial charge in [0.15, 0.2) is 0 Å². The molecule has 0 N–H and O–H groups in total. The summed E-state index contributed by atoms with van der Waals surface area (Å²) in [6.07, 6.45) is 0. The van der Waals surface area contributed by atoms with Gasteiger partial charge in [0.1, 0.15) is 6.61 Å². The number of nitrogens with zero attached hydrogens (tertiary/aromatic N) is 1. The Hall–Kier alpha value is -2.09. The lowest BCUT2D eigenvalue weighted by Crippen LogP contribution is -1.96. The average molecular weight is 239 g/mol. The average Bonchev–Trinajstić information content (AvgIpc) is 2.46. The van der Waals surface area contributed by atoms with Crippen molar-refractivity contribution in [3.8, 4) is 11.1 Å². The van der Waals surface area contributed by atoms with Crippen LogP contribution in [0.4, 0.5) is 0 Å². The van der Waals surface area contributed by atoms with E-state index >= 15 is 0 Å². The van der Waals surface area contributed by atoms with Crippen molar-refractivity contribution >= 4 is 5.71 Å². The Balaban J connectivity index is 2.20. The van der Waals surface area contributed by atoms with E-state index in [1.165, 1.54) is 11.1 Å². The third-order valence-electron chi connectivity index (χ3n) is 2.74. The molecule has 18 heavy (non-hydrogen) atoms. The monoisotopic (exact) mass is 239 g/mol. The highest BCUT2D eigenvalue weighted by Gasteiger charge is 2.00. The zero-order valence-electron chi connectivity index (χ0n) is 10.8. The van der Waals surface area contributed by atoms with Gasteiger partial charge in [-0.2, -0.15) is 0 Å². The molecule has 0 aliphatic rings.